The number of nitrogens with one attached hydrogen (secondary N) is 1. The van der Waals surface area contributed by atoms with Gasteiger partial charge in [0.15, 0.2) is 0 Å². The van der Waals surface area contributed by atoms with Gasteiger partial charge in [0, 0.05) is 55.4 Å². The number of amides is 2. The topological polar surface area (TPSA) is 65.5 Å². The van der Waals surface area contributed by atoms with Gasteiger partial charge < -0.3 is 15.1 Å². The van der Waals surface area contributed by atoms with Gasteiger partial charge in [-0.2, -0.15) is 0 Å². The summed E-state index contributed by atoms with van der Waals surface area (Å²) < 4.78 is 0. The molecule has 6 heteroatoms. The number of hydrogen-bond donors (Lipinski definition) is 1. The number of carbonyl (C=O) groups is 2. The molecule has 0 bridgehead atoms. The van der Waals surface area contributed by atoms with E-state index in [1.807, 2.05) is 86.7 Å². The third-order valence-corrected chi connectivity index (χ3v) is 7.84. The Morgan fingerprint density at radius 3 is 2.36 bits per heavy atom. The van der Waals surface area contributed by atoms with Crippen molar-refractivity contribution in [2.45, 2.75) is 51.6 Å². The average molecular weight is 483 g/mol. The largest absolute Gasteiger partial charge is 0.371 e. The fourth-order valence-corrected chi connectivity index (χ4v) is 5.74. The molecule has 2 amide bonds. The maximum Gasteiger partial charge on any atom is 0.253 e. The summed E-state index contributed by atoms with van der Waals surface area (Å²) in [6.45, 7) is 5.81. The van der Waals surface area contributed by atoms with E-state index in [4.69, 9.17) is 0 Å². The number of nitrogens with zero attached hydrogens (tertiary/aromatic N) is 3. The van der Waals surface area contributed by atoms with E-state index < -0.39 is 0 Å². The minimum absolute atomic E-state index is 0.0223. The fourth-order valence-electron chi connectivity index (χ4n) is 5.74. The number of aromatic nitrogens is 1. The second-order valence-corrected chi connectivity index (χ2v) is 10.1. The van der Waals surface area contributed by atoms with E-state index in [0.717, 1.165) is 72.2 Å². The lowest BCUT2D eigenvalue weighted by atomic mass is 9.99. The van der Waals surface area contributed by atoms with E-state index in [-0.39, 0.29) is 23.9 Å². The summed E-state index contributed by atoms with van der Waals surface area (Å²) in [5, 5.41) is 3.23. The van der Waals surface area contributed by atoms with Crippen LogP contribution in [-0.4, -0.2) is 47.9 Å². The third-order valence-electron chi connectivity index (χ3n) is 7.84. The Morgan fingerprint density at radius 2 is 1.67 bits per heavy atom. The summed E-state index contributed by atoms with van der Waals surface area (Å²) in [6, 6.07) is 16.2. The van der Waals surface area contributed by atoms with Gasteiger partial charge in [0.25, 0.3) is 11.8 Å². The van der Waals surface area contributed by atoms with Crippen LogP contribution in [0, 0.1) is 13.8 Å². The zero-order chi connectivity index (χ0) is 25.2. The molecule has 186 valence electrons. The van der Waals surface area contributed by atoms with E-state index >= 15 is 0 Å². The van der Waals surface area contributed by atoms with Crippen LogP contribution in [0.4, 0.5) is 5.69 Å². The highest BCUT2D eigenvalue weighted by molar-refractivity contribution is 5.97. The lowest BCUT2D eigenvalue weighted by molar-refractivity contribution is 0.0709. The van der Waals surface area contributed by atoms with Crippen molar-refractivity contribution in [2.24, 2.45) is 0 Å². The third kappa shape index (κ3) is 4.72. The number of fused-ring (bicyclic) bond motifs is 1. The molecular formula is C30H34N4O2. The van der Waals surface area contributed by atoms with Crippen molar-refractivity contribution in [1.29, 1.82) is 0 Å². The normalized spacial score (nSPS) is 17.5. The molecule has 0 radical (unpaired) electrons. The Morgan fingerprint density at radius 1 is 0.972 bits per heavy atom. The van der Waals surface area contributed by atoms with Gasteiger partial charge in [-0.25, -0.2) is 0 Å². The number of rotatable bonds is 5. The Hall–Kier alpha value is -3.67. The van der Waals surface area contributed by atoms with Gasteiger partial charge in [-0.15, -0.1) is 0 Å². The number of piperidine rings is 1. The number of benzene rings is 2. The van der Waals surface area contributed by atoms with Crippen molar-refractivity contribution in [2.75, 3.05) is 25.0 Å². The molecule has 2 heterocycles. The van der Waals surface area contributed by atoms with Crippen molar-refractivity contribution in [3.8, 4) is 0 Å². The molecule has 1 aliphatic heterocycles. The van der Waals surface area contributed by atoms with Gasteiger partial charge >= 0.3 is 0 Å². The Kier molecular flexibility index (Phi) is 6.77. The van der Waals surface area contributed by atoms with Crippen molar-refractivity contribution < 1.29 is 9.59 Å². The van der Waals surface area contributed by atoms with Crippen LogP contribution >= 0.6 is 0 Å². The number of hydrogen-bond acceptors (Lipinski definition) is 4. The van der Waals surface area contributed by atoms with Crippen molar-refractivity contribution in [1.82, 2.24) is 15.2 Å². The maximum atomic E-state index is 13.3. The number of carbonyl (C=O) groups excluding carboxylic acids is 2. The quantitative estimate of drug-likeness (QED) is 0.564. The van der Waals surface area contributed by atoms with Crippen LogP contribution in [0.25, 0.3) is 0 Å². The van der Waals surface area contributed by atoms with Crippen LogP contribution in [0.1, 0.15) is 68.3 Å². The van der Waals surface area contributed by atoms with Gasteiger partial charge in [-0.05, 0) is 86.1 Å². The standard InChI is InChI=1S/C30H34N4O2/c1-20-5-4-6-21(2)28(20)29(35)32-27-10-8-22-19-23(7-9-26(22)27)30(36)33(3)24-13-17-34(18-14-24)25-11-15-31-16-12-25/h4-7,9,11-12,15-16,19,24,27H,8,10,13-14,17-18H2,1-3H3,(H,32,35). The summed E-state index contributed by atoms with van der Waals surface area (Å²) in [7, 11) is 1.93. The van der Waals surface area contributed by atoms with Gasteiger partial charge in [0.2, 0.25) is 0 Å². The molecule has 3 aromatic rings. The average Bonchev–Trinajstić information content (AvgIpc) is 3.30. The first-order valence-corrected chi connectivity index (χ1v) is 12.8. The van der Waals surface area contributed by atoms with Crippen LogP contribution in [0.5, 0.6) is 0 Å². The van der Waals surface area contributed by atoms with E-state index in [0.29, 0.717) is 0 Å². The minimum Gasteiger partial charge on any atom is -0.371 e. The second-order valence-electron chi connectivity index (χ2n) is 10.1. The zero-order valence-corrected chi connectivity index (χ0v) is 21.3. The molecule has 6 nitrogen and oxygen atoms in total. The van der Waals surface area contributed by atoms with Crippen molar-refractivity contribution >= 4 is 17.5 Å². The van der Waals surface area contributed by atoms with Crippen LogP contribution in [-0.2, 0) is 6.42 Å². The number of pyridine rings is 1. The number of anilines is 1. The first kappa shape index (κ1) is 24.0. The Labute approximate surface area is 213 Å². The lowest BCUT2D eigenvalue weighted by Gasteiger charge is -2.37. The molecule has 1 aliphatic carbocycles. The predicted octanol–water partition coefficient (Wildman–Crippen LogP) is 4.86. The van der Waals surface area contributed by atoms with E-state index in [1.54, 1.807) is 0 Å². The molecule has 2 aromatic carbocycles. The maximum absolute atomic E-state index is 13.3. The van der Waals surface area contributed by atoms with E-state index in [2.05, 4.69) is 15.2 Å². The van der Waals surface area contributed by atoms with Gasteiger partial charge in [-0.3, -0.25) is 14.6 Å². The fraction of sp³-hybridized carbons (Fsp3) is 0.367. The summed E-state index contributed by atoms with van der Waals surface area (Å²) in [6.07, 6.45) is 7.26. The molecule has 1 fully saturated rings. The Balaban J connectivity index is 1.23. The van der Waals surface area contributed by atoms with E-state index in [9.17, 15) is 9.59 Å². The SMILES string of the molecule is Cc1cccc(C)c1C(=O)NC1CCc2cc(C(=O)N(C)C3CCN(c4ccncc4)CC3)ccc21. The first-order valence-electron chi connectivity index (χ1n) is 12.8. The molecule has 1 saturated heterocycles. The Bertz CT molecular complexity index is 1240. The zero-order valence-electron chi connectivity index (χ0n) is 21.3. The monoisotopic (exact) mass is 482 g/mol. The summed E-state index contributed by atoms with van der Waals surface area (Å²) in [5.41, 5.74) is 6.94. The molecule has 2 aliphatic rings. The summed E-state index contributed by atoms with van der Waals surface area (Å²) in [5.74, 6) is 0.0460. The predicted molar refractivity (Wildman–Crippen MR) is 142 cm³/mol. The van der Waals surface area contributed by atoms with Crippen molar-refractivity contribution in [3.05, 3.63) is 94.3 Å². The van der Waals surface area contributed by atoms with Crippen LogP contribution in [0.3, 0.4) is 0 Å². The lowest BCUT2D eigenvalue weighted by Crippen LogP contribution is -2.45. The molecule has 36 heavy (non-hydrogen) atoms. The molecule has 1 atom stereocenters. The molecule has 1 aromatic heterocycles. The van der Waals surface area contributed by atoms with Gasteiger partial charge in [0.05, 0.1) is 6.04 Å². The highest BCUT2D eigenvalue weighted by Crippen LogP contribution is 2.33. The molecule has 0 saturated carbocycles. The minimum atomic E-state index is -0.0264. The molecule has 0 spiro atoms. The van der Waals surface area contributed by atoms with Crippen LogP contribution in [0.2, 0.25) is 0 Å². The molecule has 1 N–H and O–H groups in total. The van der Waals surface area contributed by atoms with Crippen LogP contribution in [0.15, 0.2) is 60.9 Å². The molecule has 5 rings (SSSR count). The van der Waals surface area contributed by atoms with Gasteiger partial charge in [-0.1, -0.05) is 24.3 Å². The molecule has 1 unspecified atom stereocenters. The smallest absolute Gasteiger partial charge is 0.253 e. The second kappa shape index (κ2) is 10.1. The van der Waals surface area contributed by atoms with Crippen LogP contribution < -0.4 is 10.2 Å². The highest BCUT2D eigenvalue weighted by atomic mass is 16.2. The highest BCUT2D eigenvalue weighted by Gasteiger charge is 2.29. The first-order chi connectivity index (χ1) is 17.4. The molecular weight excluding hydrogens is 448 g/mol. The number of aryl methyl sites for hydroxylation is 3. The summed E-state index contributed by atoms with van der Waals surface area (Å²) >= 11 is 0. The van der Waals surface area contributed by atoms with Crippen molar-refractivity contribution in [3.63, 3.8) is 0 Å². The summed E-state index contributed by atoms with van der Waals surface area (Å²) in [4.78, 5) is 34.8. The van der Waals surface area contributed by atoms with E-state index in [1.165, 1.54) is 5.69 Å². The van der Waals surface area contributed by atoms with Gasteiger partial charge in [0.1, 0.15) is 0 Å².